The number of carbonyl (C=O) groups excluding carboxylic acids is 2. The van der Waals surface area contributed by atoms with Gasteiger partial charge in [0.2, 0.25) is 0 Å². The maximum atomic E-state index is 15.7. The zero-order chi connectivity index (χ0) is 33.0. The van der Waals surface area contributed by atoms with Gasteiger partial charge in [0.1, 0.15) is 23.7 Å². The van der Waals surface area contributed by atoms with E-state index in [0.717, 1.165) is 42.8 Å². The van der Waals surface area contributed by atoms with Crippen LogP contribution in [0.1, 0.15) is 81.9 Å². The quantitative estimate of drug-likeness (QED) is 0.210. The molecule has 2 aromatic carbocycles. The Morgan fingerprint density at radius 2 is 1.77 bits per heavy atom. The largest absolute Gasteiger partial charge is 0.416 e. The molecule has 240 valence electrons. The summed E-state index contributed by atoms with van der Waals surface area (Å²) in [5.74, 6) is -1.15. The lowest BCUT2D eigenvalue weighted by Crippen LogP contribution is -2.30. The van der Waals surface area contributed by atoms with E-state index in [9.17, 15) is 22.8 Å². The SMILES string of the molecule is CC(C)n1cnnc1-c1cccc(NC(=O)c2cc3c(cc2F)CN(C(=O)c2ccc(C(F)(F)F)cc2)Cc2c(C4CC4)ncn2-3)n1. The van der Waals surface area contributed by atoms with Crippen LogP contribution in [0, 0.1) is 5.82 Å². The number of hydrogen-bond acceptors (Lipinski definition) is 6. The Morgan fingerprint density at radius 1 is 1.00 bits per heavy atom. The van der Waals surface area contributed by atoms with Gasteiger partial charge < -0.3 is 19.4 Å². The summed E-state index contributed by atoms with van der Waals surface area (Å²) in [5.41, 5.74) is 1.82. The molecular formula is C33H28F4N8O2. The molecule has 1 saturated carbocycles. The number of fused-ring (bicyclic) bond motifs is 3. The predicted octanol–water partition coefficient (Wildman–Crippen LogP) is 6.55. The molecule has 14 heteroatoms. The van der Waals surface area contributed by atoms with Crippen LogP contribution in [0.5, 0.6) is 0 Å². The molecule has 1 aliphatic heterocycles. The number of aromatic nitrogens is 6. The van der Waals surface area contributed by atoms with Gasteiger partial charge in [0.15, 0.2) is 5.82 Å². The fraction of sp³-hybridized carbons (Fsp3) is 0.273. The molecular weight excluding hydrogens is 616 g/mol. The lowest BCUT2D eigenvalue weighted by atomic mass is 10.1. The van der Waals surface area contributed by atoms with Gasteiger partial charge in [-0.1, -0.05) is 6.07 Å². The minimum Gasteiger partial charge on any atom is -0.328 e. The highest BCUT2D eigenvalue weighted by Gasteiger charge is 2.35. The second-order valence-electron chi connectivity index (χ2n) is 11.9. The molecule has 10 nitrogen and oxygen atoms in total. The summed E-state index contributed by atoms with van der Waals surface area (Å²) in [5, 5.41) is 10.8. The van der Waals surface area contributed by atoms with Gasteiger partial charge >= 0.3 is 6.18 Å². The van der Waals surface area contributed by atoms with Crippen LogP contribution in [0.15, 0.2) is 67.3 Å². The van der Waals surface area contributed by atoms with Gasteiger partial charge in [-0.15, -0.1) is 10.2 Å². The highest BCUT2D eigenvalue weighted by atomic mass is 19.4. The average molecular weight is 645 g/mol. The number of halogens is 4. The number of anilines is 1. The topological polar surface area (TPSA) is 111 Å². The van der Waals surface area contributed by atoms with Crippen molar-refractivity contribution in [2.75, 3.05) is 5.32 Å². The van der Waals surface area contributed by atoms with Crippen LogP contribution in [-0.2, 0) is 19.3 Å². The lowest BCUT2D eigenvalue weighted by molar-refractivity contribution is -0.137. The fourth-order valence-electron chi connectivity index (χ4n) is 5.76. The van der Waals surface area contributed by atoms with Crippen molar-refractivity contribution >= 4 is 17.6 Å². The summed E-state index contributed by atoms with van der Waals surface area (Å²) in [4.78, 5) is 37.7. The molecule has 47 heavy (non-hydrogen) atoms. The van der Waals surface area contributed by atoms with Crippen LogP contribution in [0.4, 0.5) is 23.4 Å². The number of alkyl halides is 3. The van der Waals surface area contributed by atoms with E-state index in [1.54, 1.807) is 35.4 Å². The van der Waals surface area contributed by atoms with Gasteiger partial charge in [0.25, 0.3) is 11.8 Å². The molecule has 1 aliphatic carbocycles. The molecule has 2 aliphatic rings. The number of pyridine rings is 1. The maximum Gasteiger partial charge on any atom is 0.416 e. The number of hydrogen-bond donors (Lipinski definition) is 1. The van der Waals surface area contributed by atoms with Gasteiger partial charge in [-0.2, -0.15) is 13.2 Å². The molecule has 0 unspecified atom stereocenters. The molecule has 0 saturated heterocycles. The second-order valence-corrected chi connectivity index (χ2v) is 11.9. The first kappa shape index (κ1) is 30.3. The van der Waals surface area contributed by atoms with Crippen LogP contribution < -0.4 is 5.32 Å². The Balaban J connectivity index is 1.21. The number of rotatable bonds is 6. The van der Waals surface area contributed by atoms with E-state index in [1.807, 2.05) is 18.4 Å². The summed E-state index contributed by atoms with van der Waals surface area (Å²) in [7, 11) is 0. The Hall–Kier alpha value is -5.40. The van der Waals surface area contributed by atoms with Gasteiger partial charge in [0, 0.05) is 24.1 Å². The van der Waals surface area contributed by atoms with E-state index in [-0.39, 0.29) is 42.0 Å². The fourth-order valence-corrected chi connectivity index (χ4v) is 5.76. The highest BCUT2D eigenvalue weighted by molar-refractivity contribution is 6.04. The third-order valence-corrected chi connectivity index (χ3v) is 8.33. The molecule has 5 aromatic rings. The van der Waals surface area contributed by atoms with Crippen LogP contribution in [0.3, 0.4) is 0 Å². The number of imidazole rings is 1. The first-order valence-electron chi connectivity index (χ1n) is 15.0. The molecule has 1 N–H and O–H groups in total. The molecule has 3 aromatic heterocycles. The van der Waals surface area contributed by atoms with E-state index in [4.69, 9.17) is 0 Å². The third-order valence-electron chi connectivity index (χ3n) is 8.33. The Morgan fingerprint density at radius 3 is 2.47 bits per heavy atom. The highest BCUT2D eigenvalue weighted by Crippen LogP contribution is 2.43. The zero-order valence-corrected chi connectivity index (χ0v) is 25.3. The minimum atomic E-state index is -4.54. The minimum absolute atomic E-state index is 0.0417. The maximum absolute atomic E-state index is 15.7. The third kappa shape index (κ3) is 5.75. The van der Waals surface area contributed by atoms with Crippen LogP contribution in [0.25, 0.3) is 17.2 Å². The number of benzene rings is 2. The van der Waals surface area contributed by atoms with Gasteiger partial charge in [-0.25, -0.2) is 14.4 Å². The zero-order valence-electron chi connectivity index (χ0n) is 25.3. The van der Waals surface area contributed by atoms with Crippen molar-refractivity contribution in [2.24, 2.45) is 0 Å². The van der Waals surface area contributed by atoms with Gasteiger partial charge in [-0.05, 0) is 80.8 Å². The van der Waals surface area contributed by atoms with Crippen molar-refractivity contribution < 1.29 is 27.2 Å². The number of nitrogens with one attached hydrogen (secondary N) is 1. The summed E-state index contributed by atoms with van der Waals surface area (Å²) >= 11 is 0. The standard InChI is InChI=1S/C33H28F4N8O2/c1-18(2)44-17-39-42-30(44)25-4-3-5-28(40-25)41-31(46)23-13-26-21(12-24(23)34)14-43(15-27-29(19-6-7-19)38-16-45(26)27)32(47)20-8-10-22(11-9-20)33(35,36)37/h3-5,8-13,16-19H,6-7,14-15H2,1-2H3,(H,40,41,46). The van der Waals surface area contributed by atoms with Gasteiger partial charge in [-0.3, -0.25) is 9.59 Å². The number of amides is 2. The van der Waals surface area contributed by atoms with Crippen molar-refractivity contribution in [3.8, 4) is 17.2 Å². The van der Waals surface area contributed by atoms with Crippen molar-refractivity contribution in [1.82, 2.24) is 34.2 Å². The second kappa shape index (κ2) is 11.4. The van der Waals surface area contributed by atoms with Crippen LogP contribution in [0.2, 0.25) is 0 Å². The lowest BCUT2D eigenvalue weighted by Gasteiger charge is -2.22. The van der Waals surface area contributed by atoms with Crippen molar-refractivity contribution in [3.05, 3.63) is 107 Å². The first-order valence-corrected chi connectivity index (χ1v) is 15.0. The first-order chi connectivity index (χ1) is 22.5. The van der Waals surface area contributed by atoms with E-state index in [2.05, 4.69) is 25.5 Å². The van der Waals surface area contributed by atoms with Crippen molar-refractivity contribution in [2.45, 2.75) is 57.9 Å². The molecule has 4 heterocycles. The van der Waals surface area contributed by atoms with E-state index >= 15 is 4.39 Å². The molecule has 0 radical (unpaired) electrons. The van der Waals surface area contributed by atoms with E-state index in [0.29, 0.717) is 28.5 Å². The molecule has 2 amide bonds. The normalized spacial score (nSPS) is 14.5. The molecule has 0 spiro atoms. The van der Waals surface area contributed by atoms with E-state index < -0.39 is 29.4 Å². The van der Waals surface area contributed by atoms with Crippen LogP contribution >= 0.6 is 0 Å². The predicted molar refractivity (Wildman–Crippen MR) is 162 cm³/mol. The molecule has 0 atom stereocenters. The summed E-state index contributed by atoms with van der Waals surface area (Å²) in [6.07, 6.45) is 0.517. The summed E-state index contributed by atoms with van der Waals surface area (Å²) in [6.45, 7) is 4.01. The Bertz CT molecular complexity index is 2010. The smallest absolute Gasteiger partial charge is 0.328 e. The monoisotopic (exact) mass is 644 g/mol. The van der Waals surface area contributed by atoms with Crippen molar-refractivity contribution in [3.63, 3.8) is 0 Å². The summed E-state index contributed by atoms with van der Waals surface area (Å²) in [6, 6.07) is 11.7. The Kier molecular flexibility index (Phi) is 7.37. The number of carbonyl (C=O) groups is 2. The van der Waals surface area contributed by atoms with E-state index in [1.165, 1.54) is 17.0 Å². The van der Waals surface area contributed by atoms with Gasteiger partial charge in [0.05, 0.1) is 41.1 Å². The Labute approximate surface area is 266 Å². The molecule has 0 bridgehead atoms. The average Bonchev–Trinajstić information content (AvgIpc) is 3.64. The van der Waals surface area contributed by atoms with Crippen LogP contribution in [-0.4, -0.2) is 46.0 Å². The molecule has 7 rings (SSSR count). The molecule has 1 fully saturated rings. The number of nitrogens with zero attached hydrogens (tertiary/aromatic N) is 7. The van der Waals surface area contributed by atoms with Crippen molar-refractivity contribution in [1.29, 1.82) is 0 Å². The summed E-state index contributed by atoms with van der Waals surface area (Å²) < 4.78 is 58.7.